The van der Waals surface area contributed by atoms with Crippen molar-refractivity contribution in [3.63, 3.8) is 0 Å². The number of aliphatic hydroxyl groups excluding tert-OH is 1. The van der Waals surface area contributed by atoms with E-state index in [1.807, 2.05) is 0 Å². The highest BCUT2D eigenvalue weighted by atomic mass is 16.6. The van der Waals surface area contributed by atoms with Crippen molar-refractivity contribution in [2.24, 2.45) is 5.92 Å². The van der Waals surface area contributed by atoms with Gasteiger partial charge in [0.2, 0.25) is 0 Å². The van der Waals surface area contributed by atoms with Crippen LogP contribution in [0.1, 0.15) is 31.4 Å². The van der Waals surface area contributed by atoms with Crippen LogP contribution in [-0.2, 0) is 6.54 Å². The van der Waals surface area contributed by atoms with Crippen molar-refractivity contribution in [3.8, 4) is 0 Å². The second-order valence-electron chi connectivity index (χ2n) is 4.81. The molecule has 0 bridgehead atoms. The minimum Gasteiger partial charge on any atom is -0.404 e. The molecule has 1 heterocycles. The van der Waals surface area contributed by atoms with E-state index in [2.05, 4.69) is 5.32 Å². The van der Waals surface area contributed by atoms with E-state index in [0.29, 0.717) is 18.2 Å². The van der Waals surface area contributed by atoms with Crippen LogP contribution in [0.15, 0.2) is 16.5 Å². The highest BCUT2D eigenvalue weighted by Gasteiger charge is 2.19. The van der Waals surface area contributed by atoms with Gasteiger partial charge in [-0.1, -0.05) is 6.42 Å². The largest absolute Gasteiger partial charge is 0.433 e. The SMILES string of the molecule is O=[N+]([O-])c1ccc(CNCC2CCCC(O)C2)o1. The lowest BCUT2D eigenvalue weighted by Gasteiger charge is -2.25. The Morgan fingerprint density at radius 3 is 3.00 bits per heavy atom. The third kappa shape index (κ3) is 3.54. The second kappa shape index (κ2) is 5.97. The highest BCUT2D eigenvalue weighted by Crippen LogP contribution is 2.23. The van der Waals surface area contributed by atoms with Crippen LogP contribution >= 0.6 is 0 Å². The summed E-state index contributed by atoms with van der Waals surface area (Å²) in [5.74, 6) is 0.830. The number of furan rings is 1. The molecule has 100 valence electrons. The lowest BCUT2D eigenvalue weighted by Crippen LogP contribution is -2.28. The van der Waals surface area contributed by atoms with Crippen LogP contribution in [0.3, 0.4) is 0 Å². The minimum absolute atomic E-state index is 0.171. The molecule has 2 unspecified atom stereocenters. The van der Waals surface area contributed by atoms with Crippen LogP contribution in [0.2, 0.25) is 0 Å². The lowest BCUT2D eigenvalue weighted by atomic mass is 9.87. The molecule has 6 nitrogen and oxygen atoms in total. The summed E-state index contributed by atoms with van der Waals surface area (Å²) in [6.45, 7) is 1.30. The van der Waals surface area contributed by atoms with Gasteiger partial charge in [0.05, 0.1) is 18.7 Å². The first-order chi connectivity index (χ1) is 8.65. The van der Waals surface area contributed by atoms with Gasteiger partial charge >= 0.3 is 5.88 Å². The first kappa shape index (κ1) is 13.0. The Labute approximate surface area is 105 Å². The van der Waals surface area contributed by atoms with E-state index < -0.39 is 4.92 Å². The maximum atomic E-state index is 10.4. The third-order valence-electron chi connectivity index (χ3n) is 3.31. The van der Waals surface area contributed by atoms with Crippen molar-refractivity contribution >= 4 is 5.88 Å². The number of rotatable bonds is 5. The zero-order valence-electron chi connectivity index (χ0n) is 10.2. The maximum absolute atomic E-state index is 10.4. The van der Waals surface area contributed by atoms with E-state index in [1.54, 1.807) is 6.07 Å². The van der Waals surface area contributed by atoms with Crippen molar-refractivity contribution in [2.75, 3.05) is 6.54 Å². The van der Waals surface area contributed by atoms with Gasteiger partial charge in [0.1, 0.15) is 10.7 Å². The fourth-order valence-corrected chi connectivity index (χ4v) is 2.41. The summed E-state index contributed by atoms with van der Waals surface area (Å²) < 4.78 is 5.04. The summed E-state index contributed by atoms with van der Waals surface area (Å²) in [4.78, 5) is 9.89. The number of nitrogens with zero attached hydrogens (tertiary/aromatic N) is 1. The molecule has 2 rings (SSSR count). The van der Waals surface area contributed by atoms with Gasteiger partial charge < -0.3 is 14.8 Å². The molecule has 2 atom stereocenters. The van der Waals surface area contributed by atoms with Crippen molar-refractivity contribution in [1.29, 1.82) is 0 Å². The predicted molar refractivity (Wildman–Crippen MR) is 65.0 cm³/mol. The van der Waals surface area contributed by atoms with E-state index in [0.717, 1.165) is 32.2 Å². The van der Waals surface area contributed by atoms with Crippen molar-refractivity contribution < 1.29 is 14.4 Å². The molecule has 0 spiro atoms. The van der Waals surface area contributed by atoms with Gasteiger partial charge in [-0.2, -0.15) is 0 Å². The molecule has 0 radical (unpaired) electrons. The molecule has 0 aromatic carbocycles. The van der Waals surface area contributed by atoms with Crippen LogP contribution in [0, 0.1) is 16.0 Å². The monoisotopic (exact) mass is 254 g/mol. The van der Waals surface area contributed by atoms with E-state index in [4.69, 9.17) is 4.42 Å². The Bertz CT molecular complexity index is 405. The summed E-state index contributed by atoms with van der Waals surface area (Å²) in [5.41, 5.74) is 0. The molecule has 1 saturated carbocycles. The van der Waals surface area contributed by atoms with Crippen molar-refractivity contribution in [1.82, 2.24) is 5.32 Å². The van der Waals surface area contributed by atoms with Gasteiger partial charge in [0.15, 0.2) is 0 Å². The number of hydrogen-bond donors (Lipinski definition) is 2. The normalized spacial score (nSPS) is 24.1. The quantitative estimate of drug-likeness (QED) is 0.618. The van der Waals surface area contributed by atoms with Gasteiger partial charge in [-0.05, 0) is 37.8 Å². The Hall–Kier alpha value is -1.40. The van der Waals surface area contributed by atoms with E-state index in [1.165, 1.54) is 6.07 Å². The Balaban J connectivity index is 1.72. The molecule has 6 heteroatoms. The first-order valence-corrected chi connectivity index (χ1v) is 6.27. The summed E-state index contributed by atoms with van der Waals surface area (Å²) in [6, 6.07) is 2.97. The first-order valence-electron chi connectivity index (χ1n) is 6.27. The van der Waals surface area contributed by atoms with Gasteiger partial charge in [-0.25, -0.2) is 0 Å². The maximum Gasteiger partial charge on any atom is 0.433 e. The van der Waals surface area contributed by atoms with Crippen molar-refractivity contribution in [3.05, 3.63) is 28.0 Å². The minimum atomic E-state index is -0.541. The average molecular weight is 254 g/mol. The van der Waals surface area contributed by atoms with Crippen LogP contribution in [0.5, 0.6) is 0 Å². The molecule has 1 aromatic rings. The summed E-state index contributed by atoms with van der Waals surface area (Å²) in [7, 11) is 0. The molecule has 0 saturated heterocycles. The molecule has 1 fully saturated rings. The fourth-order valence-electron chi connectivity index (χ4n) is 2.41. The molecule has 1 aromatic heterocycles. The number of nitrogens with one attached hydrogen (secondary N) is 1. The molecule has 1 aliphatic rings. The third-order valence-corrected chi connectivity index (χ3v) is 3.31. The fraction of sp³-hybridized carbons (Fsp3) is 0.667. The van der Waals surface area contributed by atoms with E-state index >= 15 is 0 Å². The summed E-state index contributed by atoms with van der Waals surface area (Å²) in [5, 5.41) is 23.2. The molecule has 0 amide bonds. The standard InChI is InChI=1S/C12H18N2O4/c15-10-3-1-2-9(6-10)7-13-8-11-4-5-12(18-11)14(16)17/h4-5,9-10,13,15H,1-3,6-8H2. The van der Waals surface area contributed by atoms with Crippen LogP contribution < -0.4 is 5.32 Å². The Kier molecular flexibility index (Phi) is 4.33. The van der Waals surface area contributed by atoms with Gasteiger partial charge in [0, 0.05) is 0 Å². The van der Waals surface area contributed by atoms with E-state index in [9.17, 15) is 15.2 Å². The molecule has 18 heavy (non-hydrogen) atoms. The number of hydrogen-bond acceptors (Lipinski definition) is 5. The van der Waals surface area contributed by atoms with Crippen LogP contribution in [0.25, 0.3) is 0 Å². The highest BCUT2D eigenvalue weighted by molar-refractivity contribution is 5.17. The molecule has 0 aliphatic heterocycles. The molecular formula is C12H18N2O4. The number of nitro groups is 1. The molecule has 2 N–H and O–H groups in total. The van der Waals surface area contributed by atoms with Crippen LogP contribution in [-0.4, -0.2) is 22.7 Å². The smallest absolute Gasteiger partial charge is 0.404 e. The zero-order chi connectivity index (χ0) is 13.0. The van der Waals surface area contributed by atoms with Gasteiger partial charge in [-0.15, -0.1) is 0 Å². The second-order valence-corrected chi connectivity index (χ2v) is 4.81. The van der Waals surface area contributed by atoms with E-state index in [-0.39, 0.29) is 12.0 Å². The summed E-state index contributed by atoms with van der Waals surface area (Å²) >= 11 is 0. The lowest BCUT2D eigenvalue weighted by molar-refractivity contribution is -0.402. The number of aliphatic hydroxyl groups is 1. The zero-order valence-corrected chi connectivity index (χ0v) is 10.2. The van der Waals surface area contributed by atoms with Gasteiger partial charge in [-0.3, -0.25) is 10.1 Å². The van der Waals surface area contributed by atoms with Crippen LogP contribution in [0.4, 0.5) is 5.88 Å². The molecule has 1 aliphatic carbocycles. The van der Waals surface area contributed by atoms with Gasteiger partial charge in [0.25, 0.3) is 0 Å². The average Bonchev–Trinajstić information content (AvgIpc) is 2.78. The Morgan fingerprint density at radius 1 is 1.50 bits per heavy atom. The topological polar surface area (TPSA) is 88.5 Å². The Morgan fingerprint density at radius 2 is 2.33 bits per heavy atom. The predicted octanol–water partition coefficient (Wildman–Crippen LogP) is 1.83. The molecular weight excluding hydrogens is 236 g/mol. The van der Waals surface area contributed by atoms with Crippen molar-refractivity contribution in [2.45, 2.75) is 38.3 Å². The summed E-state index contributed by atoms with van der Waals surface area (Å²) in [6.07, 6.45) is 3.77.